The molecule has 0 radical (unpaired) electrons. The maximum absolute atomic E-state index is 13.1. The third kappa shape index (κ3) is 2.36. The van der Waals surface area contributed by atoms with Gasteiger partial charge in [-0.15, -0.1) is 0 Å². The Labute approximate surface area is 135 Å². The Morgan fingerprint density at radius 1 is 1.43 bits per heavy atom. The fraction of sp³-hybridized carbons (Fsp3) is 0.647. The zero-order valence-electron chi connectivity index (χ0n) is 13.3. The average molecular weight is 318 g/mol. The molecule has 1 atom stereocenters. The van der Waals surface area contributed by atoms with E-state index in [1.165, 1.54) is 26.2 Å². The van der Waals surface area contributed by atoms with Gasteiger partial charge in [-0.25, -0.2) is 4.79 Å². The fourth-order valence-corrected chi connectivity index (χ4v) is 3.94. The number of carbonyl (C=O) groups is 2. The Hall–Kier alpha value is -1.82. The highest BCUT2D eigenvalue weighted by molar-refractivity contribution is 5.91. The summed E-state index contributed by atoms with van der Waals surface area (Å²) in [6.45, 7) is 0.754. The van der Waals surface area contributed by atoms with E-state index in [1.54, 1.807) is 6.07 Å². The minimum Gasteiger partial charge on any atom is -0.463 e. The second kappa shape index (κ2) is 5.37. The smallest absolute Gasteiger partial charge is 0.374 e. The highest BCUT2D eigenvalue weighted by atomic mass is 16.5. The molecule has 1 saturated heterocycles. The SMILES string of the molecule is COC(=O)c1occc1[C@H]1NC2(CCCC2)C(=O)N1CC1CC1. The summed E-state index contributed by atoms with van der Waals surface area (Å²) in [5.41, 5.74) is 0.249. The Kier molecular flexibility index (Phi) is 3.44. The lowest BCUT2D eigenvalue weighted by atomic mass is 9.98. The zero-order chi connectivity index (χ0) is 16.0. The molecule has 0 aromatic carbocycles. The normalized spacial score (nSPS) is 26.2. The van der Waals surface area contributed by atoms with Crippen molar-refractivity contribution in [2.24, 2.45) is 5.92 Å². The van der Waals surface area contributed by atoms with Crippen molar-refractivity contribution in [1.29, 1.82) is 0 Å². The number of rotatable bonds is 4. The molecule has 3 aliphatic rings. The van der Waals surface area contributed by atoms with Gasteiger partial charge in [0.25, 0.3) is 0 Å². The number of methoxy groups -OCH3 is 1. The molecule has 3 fully saturated rings. The summed E-state index contributed by atoms with van der Waals surface area (Å²) in [6.07, 6.45) is 7.42. The third-order valence-corrected chi connectivity index (χ3v) is 5.36. The first kappa shape index (κ1) is 14.8. The first-order valence-electron chi connectivity index (χ1n) is 8.39. The van der Waals surface area contributed by atoms with Crippen LogP contribution in [0.4, 0.5) is 0 Å². The number of furan rings is 1. The number of hydrogen-bond acceptors (Lipinski definition) is 5. The van der Waals surface area contributed by atoms with Crippen molar-refractivity contribution in [3.8, 4) is 0 Å². The Morgan fingerprint density at radius 3 is 2.83 bits per heavy atom. The molecule has 1 N–H and O–H groups in total. The van der Waals surface area contributed by atoms with Crippen LogP contribution in [0.5, 0.6) is 0 Å². The number of nitrogens with one attached hydrogen (secondary N) is 1. The molecule has 6 nitrogen and oxygen atoms in total. The molecule has 2 heterocycles. The summed E-state index contributed by atoms with van der Waals surface area (Å²) in [4.78, 5) is 26.9. The van der Waals surface area contributed by atoms with E-state index in [2.05, 4.69) is 5.32 Å². The molecule has 0 bridgehead atoms. The van der Waals surface area contributed by atoms with Gasteiger partial charge in [0.05, 0.1) is 18.9 Å². The van der Waals surface area contributed by atoms with Gasteiger partial charge in [0.2, 0.25) is 11.7 Å². The van der Waals surface area contributed by atoms with Gasteiger partial charge in [0.1, 0.15) is 6.17 Å². The van der Waals surface area contributed by atoms with Crippen molar-refractivity contribution < 1.29 is 18.7 Å². The van der Waals surface area contributed by atoms with E-state index in [4.69, 9.17) is 9.15 Å². The van der Waals surface area contributed by atoms with Crippen LogP contribution in [0.1, 0.15) is 60.8 Å². The van der Waals surface area contributed by atoms with Crippen LogP contribution in [-0.2, 0) is 9.53 Å². The number of nitrogens with zero attached hydrogens (tertiary/aromatic N) is 1. The fourth-order valence-electron chi connectivity index (χ4n) is 3.94. The number of hydrogen-bond donors (Lipinski definition) is 1. The molecule has 0 unspecified atom stereocenters. The highest BCUT2D eigenvalue weighted by Crippen LogP contribution is 2.43. The van der Waals surface area contributed by atoms with Crippen LogP contribution < -0.4 is 5.32 Å². The summed E-state index contributed by atoms with van der Waals surface area (Å²) >= 11 is 0. The quantitative estimate of drug-likeness (QED) is 0.862. The van der Waals surface area contributed by atoms with Crippen LogP contribution in [0.25, 0.3) is 0 Å². The lowest BCUT2D eigenvalue weighted by Gasteiger charge is -2.23. The van der Waals surface area contributed by atoms with Crippen molar-refractivity contribution in [3.63, 3.8) is 0 Å². The van der Waals surface area contributed by atoms with Crippen molar-refractivity contribution >= 4 is 11.9 Å². The maximum Gasteiger partial charge on any atom is 0.374 e. The van der Waals surface area contributed by atoms with Crippen LogP contribution in [-0.4, -0.2) is 36.0 Å². The largest absolute Gasteiger partial charge is 0.463 e. The van der Waals surface area contributed by atoms with Gasteiger partial charge >= 0.3 is 5.97 Å². The molecule has 2 aliphatic carbocycles. The van der Waals surface area contributed by atoms with Gasteiger partial charge in [-0.2, -0.15) is 0 Å². The molecule has 1 aromatic rings. The second-order valence-electron chi connectivity index (χ2n) is 6.93. The first-order chi connectivity index (χ1) is 11.1. The predicted molar refractivity (Wildman–Crippen MR) is 81.6 cm³/mol. The van der Waals surface area contributed by atoms with E-state index in [9.17, 15) is 9.59 Å². The van der Waals surface area contributed by atoms with Gasteiger partial charge in [-0.05, 0) is 37.7 Å². The Balaban J connectivity index is 1.69. The van der Waals surface area contributed by atoms with Gasteiger partial charge in [0.15, 0.2) is 0 Å². The summed E-state index contributed by atoms with van der Waals surface area (Å²) < 4.78 is 10.1. The Bertz CT molecular complexity index is 628. The van der Waals surface area contributed by atoms with Crippen molar-refractivity contribution in [2.75, 3.05) is 13.7 Å². The van der Waals surface area contributed by atoms with Crippen LogP contribution >= 0.6 is 0 Å². The van der Waals surface area contributed by atoms with Crippen molar-refractivity contribution in [3.05, 3.63) is 23.7 Å². The van der Waals surface area contributed by atoms with Gasteiger partial charge in [-0.1, -0.05) is 12.8 Å². The molecule has 23 heavy (non-hydrogen) atoms. The minimum atomic E-state index is -0.502. The van der Waals surface area contributed by atoms with Crippen LogP contribution in [0.2, 0.25) is 0 Å². The Morgan fingerprint density at radius 2 is 2.17 bits per heavy atom. The van der Waals surface area contributed by atoms with E-state index in [0.29, 0.717) is 11.5 Å². The molecule has 1 spiro atoms. The van der Waals surface area contributed by atoms with Crippen LogP contribution in [0.3, 0.4) is 0 Å². The molecule has 124 valence electrons. The van der Waals surface area contributed by atoms with Crippen molar-refractivity contribution in [2.45, 2.75) is 50.2 Å². The molecular formula is C17H22N2O4. The van der Waals surface area contributed by atoms with E-state index in [1.807, 2.05) is 4.90 Å². The van der Waals surface area contributed by atoms with Crippen LogP contribution in [0, 0.1) is 5.92 Å². The lowest BCUT2D eigenvalue weighted by Crippen LogP contribution is -2.44. The van der Waals surface area contributed by atoms with Gasteiger partial charge in [0, 0.05) is 12.1 Å². The lowest BCUT2D eigenvalue weighted by molar-refractivity contribution is -0.133. The molecule has 6 heteroatoms. The van der Waals surface area contributed by atoms with E-state index in [0.717, 1.165) is 32.2 Å². The van der Waals surface area contributed by atoms with E-state index in [-0.39, 0.29) is 17.8 Å². The number of carbonyl (C=O) groups excluding carboxylic acids is 2. The van der Waals surface area contributed by atoms with Crippen LogP contribution in [0.15, 0.2) is 16.7 Å². The van der Waals surface area contributed by atoms with Crippen molar-refractivity contribution in [1.82, 2.24) is 10.2 Å². The third-order valence-electron chi connectivity index (χ3n) is 5.36. The minimum absolute atomic E-state index is 0.184. The highest BCUT2D eigenvalue weighted by Gasteiger charge is 2.54. The molecule has 4 rings (SSSR count). The van der Waals surface area contributed by atoms with Gasteiger partial charge in [-0.3, -0.25) is 10.1 Å². The average Bonchev–Trinajstić information content (AvgIpc) is 2.99. The number of amides is 1. The summed E-state index contributed by atoms with van der Waals surface area (Å²) in [6, 6.07) is 1.77. The standard InChI is InChI=1S/C17H22N2O4/c1-22-15(20)13-12(6-9-23-13)14-18-17(7-2-3-8-17)16(21)19(14)10-11-4-5-11/h6,9,11,14,18H,2-5,7-8,10H2,1H3/t14-/m0/s1. The molecular weight excluding hydrogens is 296 g/mol. The molecule has 1 aliphatic heterocycles. The summed E-state index contributed by atoms with van der Waals surface area (Å²) in [5, 5.41) is 3.53. The first-order valence-corrected chi connectivity index (χ1v) is 8.39. The van der Waals surface area contributed by atoms with E-state index < -0.39 is 11.5 Å². The van der Waals surface area contributed by atoms with Gasteiger partial charge < -0.3 is 14.1 Å². The second-order valence-corrected chi connectivity index (χ2v) is 6.93. The molecule has 2 saturated carbocycles. The maximum atomic E-state index is 13.1. The topological polar surface area (TPSA) is 71.8 Å². The predicted octanol–water partition coefficient (Wildman–Crippen LogP) is 2.22. The zero-order valence-corrected chi connectivity index (χ0v) is 13.3. The molecule has 1 aromatic heterocycles. The summed E-state index contributed by atoms with van der Waals surface area (Å²) in [5.74, 6) is 0.462. The number of ether oxygens (including phenoxy) is 1. The summed E-state index contributed by atoms with van der Waals surface area (Å²) in [7, 11) is 1.34. The number of esters is 1. The molecule has 1 amide bonds. The van der Waals surface area contributed by atoms with E-state index >= 15 is 0 Å². The monoisotopic (exact) mass is 318 g/mol.